The van der Waals surface area contributed by atoms with Gasteiger partial charge in [0.05, 0.1) is 5.92 Å². The predicted molar refractivity (Wildman–Crippen MR) is 91.4 cm³/mol. The highest BCUT2D eigenvalue weighted by Gasteiger charge is 2.29. The largest absolute Gasteiger partial charge is 0.369 e. The number of nitrogens with one attached hydrogen (secondary N) is 1. The molecular weight excluding hydrogens is 292 g/mol. The Labute approximate surface area is 138 Å². The molecule has 1 aliphatic carbocycles. The average Bonchev–Trinajstić information content (AvgIpc) is 2.72. The van der Waals surface area contributed by atoms with E-state index in [2.05, 4.69) is 34.1 Å². The van der Waals surface area contributed by atoms with E-state index in [1.807, 2.05) is 19.0 Å². The molecule has 0 bridgehead atoms. The van der Waals surface area contributed by atoms with E-state index in [0.717, 1.165) is 37.9 Å². The molecule has 2 rings (SSSR count). The van der Waals surface area contributed by atoms with Crippen LogP contribution >= 0.6 is 0 Å². The zero-order valence-corrected chi connectivity index (χ0v) is 14.5. The third-order valence-electron chi connectivity index (χ3n) is 4.25. The zero-order chi connectivity index (χ0) is 17.0. The van der Waals surface area contributed by atoms with Crippen molar-refractivity contribution in [2.45, 2.75) is 57.9 Å². The van der Waals surface area contributed by atoms with Crippen LogP contribution < -0.4 is 16.0 Å². The lowest BCUT2D eigenvalue weighted by Gasteiger charge is -2.24. The van der Waals surface area contributed by atoms with Gasteiger partial charge in [0.2, 0.25) is 17.8 Å². The Hall–Kier alpha value is -1.92. The Morgan fingerprint density at radius 1 is 1.17 bits per heavy atom. The van der Waals surface area contributed by atoms with Crippen molar-refractivity contribution >= 4 is 17.8 Å². The van der Waals surface area contributed by atoms with E-state index in [0.29, 0.717) is 11.9 Å². The van der Waals surface area contributed by atoms with Gasteiger partial charge in [0.15, 0.2) is 0 Å². The summed E-state index contributed by atoms with van der Waals surface area (Å²) in [5, 5.41) is 3.35. The molecule has 0 saturated heterocycles. The summed E-state index contributed by atoms with van der Waals surface area (Å²) >= 11 is 0. The lowest BCUT2D eigenvalue weighted by molar-refractivity contribution is -0.122. The number of nitrogens with zero attached hydrogens (tertiary/aromatic N) is 4. The summed E-state index contributed by atoms with van der Waals surface area (Å²) in [6.45, 7) is 4.10. The molecule has 7 heteroatoms. The Morgan fingerprint density at radius 2 is 1.87 bits per heavy atom. The van der Waals surface area contributed by atoms with E-state index in [9.17, 15) is 4.79 Å². The van der Waals surface area contributed by atoms with Crippen LogP contribution in [0.5, 0.6) is 0 Å². The summed E-state index contributed by atoms with van der Waals surface area (Å²) in [5.74, 6) is 1.70. The first-order valence-corrected chi connectivity index (χ1v) is 8.37. The fourth-order valence-electron chi connectivity index (χ4n) is 2.89. The normalized spacial score (nSPS) is 21.8. The van der Waals surface area contributed by atoms with Crippen LogP contribution in [0, 0.1) is 5.92 Å². The number of rotatable bonds is 5. The Balaban J connectivity index is 2.27. The van der Waals surface area contributed by atoms with Crippen LogP contribution in [0.4, 0.5) is 11.9 Å². The molecule has 7 nitrogen and oxygen atoms in total. The number of carbonyl (C=O) groups is 1. The molecule has 0 aromatic carbocycles. The van der Waals surface area contributed by atoms with E-state index in [-0.39, 0.29) is 23.8 Å². The van der Waals surface area contributed by atoms with Crippen LogP contribution in [0.3, 0.4) is 0 Å². The summed E-state index contributed by atoms with van der Waals surface area (Å²) < 4.78 is 0. The van der Waals surface area contributed by atoms with Crippen molar-refractivity contribution < 1.29 is 4.79 Å². The molecule has 2 atom stereocenters. The lowest BCUT2D eigenvalue weighted by atomic mass is 9.94. The SMILES string of the molecule is CC(C)c1nc(N[C@@H]2CCCCC[C@H]2C(N)=O)nc(N(C)C)n1. The van der Waals surface area contributed by atoms with Crippen molar-refractivity contribution in [1.29, 1.82) is 0 Å². The number of primary amides is 1. The number of hydrogen-bond acceptors (Lipinski definition) is 6. The second-order valence-corrected chi connectivity index (χ2v) is 6.76. The molecule has 1 amide bonds. The number of aromatic nitrogens is 3. The predicted octanol–water partition coefficient (Wildman–Crippen LogP) is 1.91. The first kappa shape index (κ1) is 17.4. The smallest absolute Gasteiger partial charge is 0.229 e. The van der Waals surface area contributed by atoms with E-state index in [1.54, 1.807) is 0 Å². The van der Waals surface area contributed by atoms with Gasteiger partial charge < -0.3 is 16.0 Å². The molecule has 0 aliphatic heterocycles. The molecule has 23 heavy (non-hydrogen) atoms. The van der Waals surface area contributed by atoms with Crippen molar-refractivity contribution in [3.8, 4) is 0 Å². The summed E-state index contributed by atoms with van der Waals surface area (Å²) in [6.07, 6.45) is 5.01. The first-order chi connectivity index (χ1) is 10.9. The minimum Gasteiger partial charge on any atom is -0.369 e. The molecule has 1 heterocycles. The van der Waals surface area contributed by atoms with Gasteiger partial charge in [-0.05, 0) is 12.8 Å². The van der Waals surface area contributed by atoms with Crippen molar-refractivity contribution in [2.24, 2.45) is 11.7 Å². The van der Waals surface area contributed by atoms with Gasteiger partial charge in [0.25, 0.3) is 0 Å². The number of nitrogens with two attached hydrogens (primary N) is 1. The third kappa shape index (κ3) is 4.53. The van der Waals surface area contributed by atoms with Crippen molar-refractivity contribution in [3.63, 3.8) is 0 Å². The minimum atomic E-state index is -0.240. The highest BCUT2D eigenvalue weighted by molar-refractivity contribution is 5.77. The zero-order valence-electron chi connectivity index (χ0n) is 14.5. The number of anilines is 2. The average molecular weight is 320 g/mol. The molecule has 128 valence electrons. The van der Waals surface area contributed by atoms with Gasteiger partial charge in [0.1, 0.15) is 5.82 Å². The topological polar surface area (TPSA) is 97.0 Å². The maximum absolute atomic E-state index is 11.8. The molecule has 0 radical (unpaired) electrons. The first-order valence-electron chi connectivity index (χ1n) is 8.37. The molecule has 1 aromatic rings. The van der Waals surface area contributed by atoms with Crippen LogP contribution in [0.1, 0.15) is 57.7 Å². The van der Waals surface area contributed by atoms with E-state index < -0.39 is 0 Å². The number of hydrogen-bond donors (Lipinski definition) is 2. The molecule has 3 N–H and O–H groups in total. The molecule has 1 fully saturated rings. The van der Waals surface area contributed by atoms with Gasteiger partial charge in [0, 0.05) is 26.1 Å². The second kappa shape index (κ2) is 7.57. The van der Waals surface area contributed by atoms with Crippen molar-refractivity contribution in [3.05, 3.63) is 5.82 Å². The third-order valence-corrected chi connectivity index (χ3v) is 4.25. The maximum Gasteiger partial charge on any atom is 0.229 e. The van der Waals surface area contributed by atoms with Gasteiger partial charge >= 0.3 is 0 Å². The Bertz CT molecular complexity index is 519. The van der Waals surface area contributed by atoms with Crippen molar-refractivity contribution in [2.75, 3.05) is 24.3 Å². The summed E-state index contributed by atoms with van der Waals surface area (Å²) in [7, 11) is 3.81. The van der Waals surface area contributed by atoms with Crippen LogP contribution in [0.15, 0.2) is 0 Å². The molecule has 1 saturated carbocycles. The molecule has 1 aliphatic rings. The Morgan fingerprint density at radius 3 is 2.48 bits per heavy atom. The van der Waals surface area contributed by atoms with Crippen LogP contribution in [0.25, 0.3) is 0 Å². The molecule has 0 spiro atoms. The van der Waals surface area contributed by atoms with Crippen LogP contribution in [0.2, 0.25) is 0 Å². The molecule has 1 aromatic heterocycles. The summed E-state index contributed by atoms with van der Waals surface area (Å²) in [4.78, 5) is 27.1. The monoisotopic (exact) mass is 320 g/mol. The molecular formula is C16H28N6O. The Kier molecular flexibility index (Phi) is 5.74. The standard InChI is InChI=1S/C16H28N6O/c1-10(2)14-19-15(21-16(20-14)22(3)4)18-12-9-7-5-6-8-11(12)13(17)23/h10-12H,5-9H2,1-4H3,(H2,17,23)(H,18,19,20,21)/t11-,12-/m1/s1. The van der Waals surface area contributed by atoms with Crippen molar-refractivity contribution in [1.82, 2.24) is 15.0 Å². The summed E-state index contributed by atoms with van der Waals surface area (Å²) in [5.41, 5.74) is 5.60. The second-order valence-electron chi connectivity index (χ2n) is 6.76. The van der Waals surface area contributed by atoms with Crippen LogP contribution in [-0.2, 0) is 4.79 Å². The van der Waals surface area contributed by atoms with Gasteiger partial charge in [-0.1, -0.05) is 33.1 Å². The van der Waals surface area contributed by atoms with Gasteiger partial charge in [-0.2, -0.15) is 15.0 Å². The number of carbonyl (C=O) groups excluding carboxylic acids is 1. The highest BCUT2D eigenvalue weighted by atomic mass is 16.1. The van der Waals surface area contributed by atoms with E-state index in [1.165, 1.54) is 0 Å². The van der Waals surface area contributed by atoms with E-state index in [4.69, 9.17) is 5.73 Å². The maximum atomic E-state index is 11.8. The fraction of sp³-hybridized carbons (Fsp3) is 0.750. The van der Waals surface area contributed by atoms with Gasteiger partial charge in [-0.15, -0.1) is 0 Å². The quantitative estimate of drug-likeness (QED) is 0.804. The molecule has 0 unspecified atom stereocenters. The van der Waals surface area contributed by atoms with Crippen LogP contribution in [-0.4, -0.2) is 41.0 Å². The van der Waals surface area contributed by atoms with E-state index >= 15 is 0 Å². The fourth-order valence-corrected chi connectivity index (χ4v) is 2.89. The summed E-state index contributed by atoms with van der Waals surface area (Å²) in [6, 6.07) is -0.00701. The number of amides is 1. The lowest BCUT2D eigenvalue weighted by Crippen LogP contribution is -2.38. The highest BCUT2D eigenvalue weighted by Crippen LogP contribution is 2.26. The van der Waals surface area contributed by atoms with Gasteiger partial charge in [-0.3, -0.25) is 4.79 Å². The van der Waals surface area contributed by atoms with Gasteiger partial charge in [-0.25, -0.2) is 0 Å². The minimum absolute atomic E-state index is 0.00701.